The standard InChI is InChI=1S/C23H29N2O3/c1-24-14-16-12-21-23(27-3,19-6-4-7-20(24)22(16)19)10-5-11-25(21,2)15-28-18-9-8-17(26)13-18/h4,6-7,13-14,21H,5,8-12,15H2,1-3H3/q+1/t21-,23?,25?/m1/s1. The number of allylic oxidation sites excluding steroid dienone is 2. The molecule has 0 bridgehead atoms. The number of likely N-dealkylation sites (N-methyl/N-ethyl adjacent to an activating group) is 1. The second-order valence-corrected chi connectivity index (χ2v) is 8.94. The van der Waals surface area contributed by atoms with Gasteiger partial charge in [-0.1, -0.05) is 12.1 Å². The lowest BCUT2D eigenvalue weighted by atomic mass is 9.70. The van der Waals surface area contributed by atoms with Crippen molar-refractivity contribution in [1.29, 1.82) is 0 Å². The van der Waals surface area contributed by atoms with Crippen LogP contribution in [0.1, 0.15) is 36.8 Å². The van der Waals surface area contributed by atoms with Gasteiger partial charge in [-0.3, -0.25) is 9.28 Å². The fraction of sp³-hybridized carbons (Fsp3) is 0.522. The molecule has 0 spiro atoms. The van der Waals surface area contributed by atoms with E-state index < -0.39 is 0 Å². The fourth-order valence-electron chi connectivity index (χ4n) is 5.90. The number of likely N-dealkylation sites (tertiary alicyclic amines) is 1. The van der Waals surface area contributed by atoms with Crippen LogP contribution in [0.15, 0.2) is 36.2 Å². The number of ketones is 1. The second-order valence-electron chi connectivity index (χ2n) is 8.94. The van der Waals surface area contributed by atoms with Crippen molar-refractivity contribution < 1.29 is 18.8 Å². The number of carbonyl (C=O) groups excluding carboxylic acids is 1. The van der Waals surface area contributed by atoms with Gasteiger partial charge in [0, 0.05) is 56.6 Å². The van der Waals surface area contributed by atoms with Crippen molar-refractivity contribution in [2.24, 2.45) is 7.05 Å². The third-order valence-electron chi connectivity index (χ3n) is 7.32. The zero-order valence-corrected chi connectivity index (χ0v) is 17.0. The number of nitrogens with zero attached hydrogens (tertiary/aromatic N) is 2. The van der Waals surface area contributed by atoms with Crippen LogP contribution in [0.4, 0.5) is 0 Å². The number of carbonyl (C=O) groups is 1. The van der Waals surface area contributed by atoms with E-state index in [1.165, 1.54) is 22.0 Å². The van der Waals surface area contributed by atoms with Gasteiger partial charge in [0.25, 0.3) is 0 Å². The summed E-state index contributed by atoms with van der Waals surface area (Å²) in [5.74, 6) is 1.03. The molecule has 0 amide bonds. The smallest absolute Gasteiger partial charge is 0.223 e. The number of ether oxygens (including phenoxy) is 2. The fourth-order valence-corrected chi connectivity index (χ4v) is 5.90. The molecule has 1 aromatic heterocycles. The van der Waals surface area contributed by atoms with Gasteiger partial charge in [-0.05, 0) is 30.0 Å². The summed E-state index contributed by atoms with van der Waals surface area (Å²) in [5.41, 5.74) is 3.74. The largest absolute Gasteiger partial charge is 0.449 e. The predicted octanol–water partition coefficient (Wildman–Crippen LogP) is 3.41. The summed E-state index contributed by atoms with van der Waals surface area (Å²) in [6.07, 6.45) is 8.40. The first-order chi connectivity index (χ1) is 13.5. The van der Waals surface area contributed by atoms with Crippen LogP contribution in [0, 0.1) is 0 Å². The number of fused-ring (bicyclic) bond motifs is 2. The van der Waals surface area contributed by atoms with Gasteiger partial charge in [0.1, 0.15) is 17.4 Å². The van der Waals surface area contributed by atoms with Gasteiger partial charge in [-0.15, -0.1) is 0 Å². The first-order valence-corrected chi connectivity index (χ1v) is 10.3. The van der Waals surface area contributed by atoms with Crippen molar-refractivity contribution in [2.45, 2.75) is 43.7 Å². The van der Waals surface area contributed by atoms with Crippen LogP contribution in [0.5, 0.6) is 0 Å². The Morgan fingerprint density at radius 3 is 2.93 bits per heavy atom. The number of aryl methyl sites for hydroxylation is 1. The summed E-state index contributed by atoms with van der Waals surface area (Å²) in [6, 6.07) is 6.92. The van der Waals surface area contributed by atoms with Gasteiger partial charge in [0.2, 0.25) is 6.73 Å². The number of aromatic nitrogens is 1. The molecular weight excluding hydrogens is 352 g/mol. The van der Waals surface area contributed by atoms with Crippen LogP contribution >= 0.6 is 0 Å². The van der Waals surface area contributed by atoms with Crippen molar-refractivity contribution in [3.8, 4) is 0 Å². The Balaban J connectivity index is 1.56. The van der Waals surface area contributed by atoms with E-state index in [0.717, 1.165) is 42.5 Å². The highest BCUT2D eigenvalue weighted by atomic mass is 16.5. The van der Waals surface area contributed by atoms with Crippen molar-refractivity contribution in [1.82, 2.24) is 4.57 Å². The highest BCUT2D eigenvalue weighted by molar-refractivity contribution is 5.92. The van der Waals surface area contributed by atoms with Gasteiger partial charge in [-0.2, -0.15) is 0 Å². The van der Waals surface area contributed by atoms with E-state index in [4.69, 9.17) is 9.47 Å². The average molecular weight is 381 g/mol. The van der Waals surface area contributed by atoms with Crippen molar-refractivity contribution in [3.05, 3.63) is 47.4 Å². The minimum atomic E-state index is -0.288. The van der Waals surface area contributed by atoms with E-state index in [1.807, 2.05) is 7.11 Å². The van der Waals surface area contributed by atoms with Crippen LogP contribution in [0.25, 0.3) is 10.9 Å². The monoisotopic (exact) mass is 381 g/mol. The number of quaternary nitrogens is 1. The number of hydrogen-bond donors (Lipinski definition) is 0. The summed E-state index contributed by atoms with van der Waals surface area (Å²) in [6.45, 7) is 1.65. The quantitative estimate of drug-likeness (QED) is 0.762. The topological polar surface area (TPSA) is 40.5 Å². The molecule has 0 saturated carbocycles. The Morgan fingerprint density at radius 1 is 1.32 bits per heavy atom. The highest BCUT2D eigenvalue weighted by Crippen LogP contribution is 2.50. The van der Waals surface area contributed by atoms with E-state index in [1.54, 1.807) is 6.08 Å². The Morgan fingerprint density at radius 2 is 2.18 bits per heavy atom. The normalized spacial score (nSPS) is 31.8. The number of piperidine rings is 1. The molecule has 2 unspecified atom stereocenters. The number of methoxy groups -OCH3 is 1. The highest BCUT2D eigenvalue weighted by Gasteiger charge is 2.57. The summed E-state index contributed by atoms with van der Waals surface area (Å²) in [4.78, 5) is 11.6. The van der Waals surface area contributed by atoms with Gasteiger partial charge >= 0.3 is 0 Å². The lowest BCUT2D eigenvalue weighted by molar-refractivity contribution is -0.963. The molecule has 1 saturated heterocycles. The second kappa shape index (κ2) is 6.19. The molecule has 0 N–H and O–H groups in total. The summed E-state index contributed by atoms with van der Waals surface area (Å²) < 4.78 is 15.6. The van der Waals surface area contributed by atoms with Crippen LogP contribution < -0.4 is 0 Å². The predicted molar refractivity (Wildman–Crippen MR) is 108 cm³/mol. The third kappa shape index (κ3) is 2.42. The summed E-state index contributed by atoms with van der Waals surface area (Å²) in [5, 5.41) is 1.38. The molecule has 2 aromatic rings. The van der Waals surface area contributed by atoms with Crippen LogP contribution in [0.3, 0.4) is 0 Å². The minimum absolute atomic E-state index is 0.181. The van der Waals surface area contributed by atoms with E-state index >= 15 is 0 Å². The SMILES string of the molecule is COC12CCC[N+](C)(COC3=CC(=O)CC3)[C@@H]1Cc1cn(C)c3cccc2c13. The number of hydrogen-bond acceptors (Lipinski definition) is 3. The molecule has 1 fully saturated rings. The Kier molecular flexibility index (Phi) is 3.97. The maximum Gasteiger partial charge on any atom is 0.223 e. The maximum atomic E-state index is 11.6. The molecule has 5 rings (SSSR count). The van der Waals surface area contributed by atoms with Crippen LogP contribution in [-0.2, 0) is 33.3 Å². The number of rotatable bonds is 4. The van der Waals surface area contributed by atoms with Crippen molar-refractivity contribution in [2.75, 3.05) is 27.4 Å². The molecule has 1 aliphatic heterocycles. The molecule has 148 valence electrons. The molecule has 3 atom stereocenters. The molecule has 0 radical (unpaired) electrons. The summed E-state index contributed by atoms with van der Waals surface area (Å²) >= 11 is 0. The molecule has 1 aromatic carbocycles. The van der Waals surface area contributed by atoms with Gasteiger partial charge in [0.05, 0.1) is 13.6 Å². The molecule has 2 aliphatic carbocycles. The molecular formula is C23H29N2O3+. The Hall–Kier alpha value is -2.11. The lowest BCUT2D eigenvalue weighted by Gasteiger charge is -2.55. The van der Waals surface area contributed by atoms with E-state index in [2.05, 4.69) is 43.1 Å². The van der Waals surface area contributed by atoms with E-state index in [-0.39, 0.29) is 11.4 Å². The lowest BCUT2D eigenvalue weighted by Crippen LogP contribution is -2.67. The van der Waals surface area contributed by atoms with E-state index in [0.29, 0.717) is 19.2 Å². The first-order valence-electron chi connectivity index (χ1n) is 10.3. The molecule has 5 heteroatoms. The first kappa shape index (κ1) is 18.0. The Bertz CT molecular complexity index is 991. The average Bonchev–Trinajstić information content (AvgIpc) is 3.26. The van der Waals surface area contributed by atoms with Crippen molar-refractivity contribution in [3.63, 3.8) is 0 Å². The zero-order valence-electron chi connectivity index (χ0n) is 17.0. The summed E-state index contributed by atoms with van der Waals surface area (Å²) in [7, 11) is 6.29. The van der Waals surface area contributed by atoms with Gasteiger partial charge in [-0.25, -0.2) is 0 Å². The molecule has 2 heterocycles. The van der Waals surface area contributed by atoms with Crippen molar-refractivity contribution >= 4 is 16.7 Å². The van der Waals surface area contributed by atoms with Crippen LogP contribution in [0.2, 0.25) is 0 Å². The van der Waals surface area contributed by atoms with Gasteiger partial charge < -0.3 is 14.0 Å². The Labute approximate surface area is 166 Å². The minimum Gasteiger partial charge on any atom is -0.449 e. The maximum absolute atomic E-state index is 11.6. The number of benzene rings is 1. The molecule has 5 nitrogen and oxygen atoms in total. The zero-order chi connectivity index (χ0) is 19.5. The molecule has 3 aliphatic rings. The molecule has 28 heavy (non-hydrogen) atoms. The third-order valence-corrected chi connectivity index (χ3v) is 7.32. The van der Waals surface area contributed by atoms with Crippen LogP contribution in [-0.4, -0.2) is 48.3 Å². The van der Waals surface area contributed by atoms with E-state index in [9.17, 15) is 4.79 Å². The van der Waals surface area contributed by atoms with Gasteiger partial charge in [0.15, 0.2) is 5.78 Å².